The van der Waals surface area contributed by atoms with Gasteiger partial charge in [-0.3, -0.25) is 9.69 Å². The van der Waals surface area contributed by atoms with Crippen molar-refractivity contribution in [1.29, 1.82) is 0 Å². The number of nitrogens with one attached hydrogen (secondary N) is 1. The van der Waals surface area contributed by atoms with E-state index in [2.05, 4.69) is 4.98 Å². The van der Waals surface area contributed by atoms with E-state index in [1.807, 2.05) is 49.2 Å². The lowest BCUT2D eigenvalue weighted by molar-refractivity contribution is 0.0599. The molecule has 1 heterocycles. The predicted molar refractivity (Wildman–Crippen MR) is 93.3 cm³/mol. The number of carbonyl (C=O) groups is 2. The van der Waals surface area contributed by atoms with Crippen LogP contribution in [0.4, 0.5) is 0 Å². The van der Waals surface area contributed by atoms with Crippen molar-refractivity contribution in [2.24, 2.45) is 0 Å². The molecule has 2 rings (SSSR count). The zero-order valence-corrected chi connectivity index (χ0v) is 14.8. The number of benzene rings is 1. The first-order valence-electron chi connectivity index (χ1n) is 7.92. The molecule has 128 valence electrons. The highest BCUT2D eigenvalue weighted by Crippen LogP contribution is 2.21. The minimum atomic E-state index is -0.425. The summed E-state index contributed by atoms with van der Waals surface area (Å²) < 4.78 is 4.80. The summed E-state index contributed by atoms with van der Waals surface area (Å²) in [6.07, 6.45) is 0. The van der Waals surface area contributed by atoms with Gasteiger partial charge in [0.15, 0.2) is 5.78 Å². The molecule has 0 saturated heterocycles. The Balaban J connectivity index is 2.20. The van der Waals surface area contributed by atoms with Crippen LogP contribution < -0.4 is 0 Å². The van der Waals surface area contributed by atoms with E-state index >= 15 is 0 Å². The van der Waals surface area contributed by atoms with Crippen LogP contribution in [0.25, 0.3) is 0 Å². The van der Waals surface area contributed by atoms with Gasteiger partial charge < -0.3 is 9.72 Å². The number of esters is 1. The summed E-state index contributed by atoms with van der Waals surface area (Å²) in [6.45, 7) is 6.09. The molecule has 0 bridgehead atoms. The Kier molecular flexibility index (Phi) is 5.57. The number of hydrogen-bond acceptors (Lipinski definition) is 4. The third-order valence-corrected chi connectivity index (χ3v) is 4.39. The molecule has 0 aliphatic rings. The average molecular weight is 328 g/mol. The number of carbonyl (C=O) groups excluding carboxylic acids is 2. The van der Waals surface area contributed by atoms with Crippen LogP contribution in [0.5, 0.6) is 0 Å². The van der Waals surface area contributed by atoms with Crippen LogP contribution in [0.2, 0.25) is 0 Å². The van der Waals surface area contributed by atoms with Gasteiger partial charge in [0.05, 0.1) is 24.4 Å². The van der Waals surface area contributed by atoms with Crippen LogP contribution in [-0.4, -0.2) is 41.8 Å². The zero-order chi connectivity index (χ0) is 17.9. The number of ether oxygens (including phenoxy) is 1. The molecule has 0 radical (unpaired) electrons. The van der Waals surface area contributed by atoms with E-state index in [1.54, 1.807) is 13.8 Å². The molecule has 2 aromatic rings. The molecule has 24 heavy (non-hydrogen) atoms. The fraction of sp³-hybridized carbons (Fsp3) is 0.368. The van der Waals surface area contributed by atoms with E-state index < -0.39 is 5.97 Å². The van der Waals surface area contributed by atoms with Gasteiger partial charge in [0.25, 0.3) is 0 Å². The Labute approximate surface area is 142 Å². The molecule has 1 aromatic carbocycles. The number of aromatic amines is 1. The third-order valence-electron chi connectivity index (χ3n) is 4.39. The quantitative estimate of drug-likeness (QED) is 0.654. The molecule has 0 aliphatic heterocycles. The molecular weight excluding hydrogens is 304 g/mol. The molecule has 0 saturated carbocycles. The van der Waals surface area contributed by atoms with E-state index in [-0.39, 0.29) is 11.8 Å². The van der Waals surface area contributed by atoms with Gasteiger partial charge in [0.2, 0.25) is 0 Å². The summed E-state index contributed by atoms with van der Waals surface area (Å²) in [5.74, 6) is -0.463. The first-order chi connectivity index (χ1) is 11.4. The molecule has 1 aromatic heterocycles. The molecule has 5 heteroatoms. The van der Waals surface area contributed by atoms with Gasteiger partial charge in [-0.25, -0.2) is 4.79 Å². The average Bonchev–Trinajstić information content (AvgIpc) is 2.88. The number of methoxy groups -OCH3 is 1. The molecule has 0 amide bonds. The Bertz CT molecular complexity index is 735. The first-order valence-corrected chi connectivity index (χ1v) is 7.92. The van der Waals surface area contributed by atoms with Gasteiger partial charge >= 0.3 is 5.97 Å². The molecule has 0 spiro atoms. The van der Waals surface area contributed by atoms with Crippen molar-refractivity contribution in [1.82, 2.24) is 9.88 Å². The van der Waals surface area contributed by atoms with Crippen molar-refractivity contribution >= 4 is 11.8 Å². The summed E-state index contributed by atoms with van der Waals surface area (Å²) in [5, 5.41) is 0. The summed E-state index contributed by atoms with van der Waals surface area (Å²) >= 11 is 0. The highest BCUT2D eigenvalue weighted by atomic mass is 16.5. The van der Waals surface area contributed by atoms with E-state index in [0.29, 0.717) is 29.1 Å². The second kappa shape index (κ2) is 7.45. The number of rotatable bonds is 6. The number of ketones is 1. The van der Waals surface area contributed by atoms with E-state index in [0.717, 1.165) is 5.56 Å². The maximum absolute atomic E-state index is 12.8. The second-order valence-electron chi connectivity index (χ2n) is 6.06. The summed E-state index contributed by atoms with van der Waals surface area (Å²) in [6, 6.07) is 9.69. The van der Waals surface area contributed by atoms with Crippen LogP contribution in [0.1, 0.15) is 44.6 Å². The summed E-state index contributed by atoms with van der Waals surface area (Å²) in [5.41, 5.74) is 3.36. The van der Waals surface area contributed by atoms with Crippen molar-refractivity contribution in [3.05, 3.63) is 58.4 Å². The Morgan fingerprint density at radius 1 is 1.21 bits per heavy atom. The molecule has 0 aliphatic carbocycles. The van der Waals surface area contributed by atoms with Crippen molar-refractivity contribution in [2.45, 2.75) is 33.4 Å². The van der Waals surface area contributed by atoms with Gasteiger partial charge in [0, 0.05) is 12.2 Å². The highest BCUT2D eigenvalue weighted by molar-refractivity contribution is 6.03. The number of nitrogens with zero attached hydrogens (tertiary/aromatic N) is 1. The summed E-state index contributed by atoms with van der Waals surface area (Å²) in [7, 11) is 3.26. The fourth-order valence-corrected chi connectivity index (χ4v) is 2.82. The lowest BCUT2D eigenvalue weighted by Gasteiger charge is -2.23. The van der Waals surface area contributed by atoms with Crippen molar-refractivity contribution < 1.29 is 14.3 Å². The van der Waals surface area contributed by atoms with E-state index in [9.17, 15) is 9.59 Å². The van der Waals surface area contributed by atoms with E-state index in [4.69, 9.17) is 4.74 Å². The van der Waals surface area contributed by atoms with Crippen LogP contribution in [0.3, 0.4) is 0 Å². The lowest BCUT2D eigenvalue weighted by atomic mass is 10.0. The van der Waals surface area contributed by atoms with Crippen molar-refractivity contribution in [2.75, 3.05) is 14.2 Å². The van der Waals surface area contributed by atoms with Crippen molar-refractivity contribution in [3.63, 3.8) is 0 Å². The highest BCUT2D eigenvalue weighted by Gasteiger charge is 2.27. The lowest BCUT2D eigenvalue weighted by Crippen LogP contribution is -2.36. The molecule has 1 N–H and O–H groups in total. The largest absolute Gasteiger partial charge is 0.465 e. The van der Waals surface area contributed by atoms with Crippen LogP contribution in [-0.2, 0) is 11.3 Å². The van der Waals surface area contributed by atoms with Gasteiger partial charge in [-0.1, -0.05) is 30.3 Å². The Morgan fingerprint density at radius 3 is 2.42 bits per heavy atom. The Hall–Kier alpha value is -2.40. The maximum Gasteiger partial charge on any atom is 0.339 e. The second-order valence-corrected chi connectivity index (χ2v) is 6.06. The zero-order valence-electron chi connectivity index (χ0n) is 14.8. The monoisotopic (exact) mass is 328 g/mol. The van der Waals surface area contributed by atoms with Gasteiger partial charge in [-0.15, -0.1) is 0 Å². The molecule has 1 atom stereocenters. The van der Waals surface area contributed by atoms with Gasteiger partial charge in [0.1, 0.15) is 0 Å². The van der Waals surface area contributed by atoms with E-state index in [1.165, 1.54) is 7.11 Å². The standard InChI is InChI=1S/C19H24N2O3/c1-12-16(19(23)24-5)13(2)20-17(12)18(22)14(3)21(4)11-15-9-7-6-8-10-15/h6-10,14,20H,11H2,1-5H3/t14-/m0/s1. The molecule has 0 unspecified atom stereocenters. The number of aromatic nitrogens is 1. The molecule has 0 fully saturated rings. The molecule has 5 nitrogen and oxygen atoms in total. The van der Waals surface area contributed by atoms with Gasteiger partial charge in [-0.2, -0.15) is 0 Å². The number of hydrogen-bond donors (Lipinski definition) is 1. The Morgan fingerprint density at radius 2 is 1.83 bits per heavy atom. The third kappa shape index (κ3) is 3.57. The number of Topliss-reactive ketones (excluding diaryl/α,β-unsaturated/α-hetero) is 1. The van der Waals surface area contributed by atoms with Crippen LogP contribution in [0.15, 0.2) is 30.3 Å². The van der Waals surface area contributed by atoms with Gasteiger partial charge in [-0.05, 0) is 38.9 Å². The minimum Gasteiger partial charge on any atom is -0.465 e. The number of H-pyrrole nitrogens is 1. The number of likely N-dealkylation sites (N-methyl/N-ethyl adjacent to an activating group) is 1. The molecular formula is C19H24N2O3. The smallest absolute Gasteiger partial charge is 0.339 e. The maximum atomic E-state index is 12.8. The fourth-order valence-electron chi connectivity index (χ4n) is 2.82. The number of aryl methyl sites for hydroxylation is 1. The predicted octanol–water partition coefficient (Wildman–Crippen LogP) is 3.12. The van der Waals surface area contributed by atoms with Crippen molar-refractivity contribution in [3.8, 4) is 0 Å². The topological polar surface area (TPSA) is 62.4 Å². The SMILES string of the molecule is COC(=O)c1c(C)[nH]c(C(=O)[C@H](C)N(C)Cc2ccccc2)c1C. The summed E-state index contributed by atoms with van der Waals surface area (Å²) in [4.78, 5) is 29.8. The first kappa shape index (κ1) is 17.9. The van der Waals surface area contributed by atoms with Crippen LogP contribution in [0, 0.1) is 13.8 Å². The normalized spacial score (nSPS) is 12.2. The minimum absolute atomic E-state index is 0.0378. The van der Waals surface area contributed by atoms with Crippen LogP contribution >= 0.6 is 0 Å².